The van der Waals surface area contributed by atoms with Crippen LogP contribution in [0.3, 0.4) is 0 Å². The smallest absolute Gasteiger partial charge is 0.193 e. The lowest BCUT2D eigenvalue weighted by molar-refractivity contribution is 0.0411. The van der Waals surface area contributed by atoms with E-state index in [-0.39, 0.29) is 24.0 Å². The number of likely N-dealkylation sites (N-methyl/N-ethyl adjacent to an activating group) is 1. The highest BCUT2D eigenvalue weighted by molar-refractivity contribution is 14.0. The van der Waals surface area contributed by atoms with E-state index >= 15 is 0 Å². The van der Waals surface area contributed by atoms with Crippen molar-refractivity contribution < 1.29 is 4.74 Å². The fourth-order valence-electron chi connectivity index (χ4n) is 3.31. The van der Waals surface area contributed by atoms with E-state index in [0.717, 1.165) is 44.9 Å². The van der Waals surface area contributed by atoms with E-state index in [0.29, 0.717) is 6.10 Å². The first-order valence-corrected chi connectivity index (χ1v) is 10.7. The van der Waals surface area contributed by atoms with Crippen molar-refractivity contribution in [2.45, 2.75) is 63.9 Å². The number of hydrogen-bond acceptors (Lipinski definition) is 3. The minimum Gasteiger partial charge on any atom is -0.378 e. The Morgan fingerprint density at radius 3 is 2.69 bits per heavy atom. The molecular formula is C20H36IN3OS. The van der Waals surface area contributed by atoms with Gasteiger partial charge in [-0.2, -0.15) is 0 Å². The zero-order valence-electron chi connectivity index (χ0n) is 16.4. The highest BCUT2D eigenvalue weighted by Crippen LogP contribution is 2.19. The van der Waals surface area contributed by atoms with Crippen LogP contribution in [0, 0.1) is 0 Å². The van der Waals surface area contributed by atoms with Gasteiger partial charge in [0.2, 0.25) is 0 Å². The second-order valence-electron chi connectivity index (χ2n) is 6.92. The van der Waals surface area contributed by atoms with E-state index in [1.165, 1.54) is 43.4 Å². The summed E-state index contributed by atoms with van der Waals surface area (Å²) in [6.45, 7) is 2.86. The van der Waals surface area contributed by atoms with Gasteiger partial charge in [-0.05, 0) is 43.6 Å². The maximum absolute atomic E-state index is 6.06. The van der Waals surface area contributed by atoms with E-state index in [4.69, 9.17) is 4.74 Å². The predicted molar refractivity (Wildman–Crippen MR) is 124 cm³/mol. The van der Waals surface area contributed by atoms with Crippen LogP contribution in [0.25, 0.3) is 0 Å². The molecule has 26 heavy (non-hydrogen) atoms. The standard InChI is InChI=1S/C20H35N3OS.HI/c1-21-20(23(2)15-13-19-12-9-17-25-19)22-14-7-8-16-24-18-10-5-3-4-6-11-18;/h9,12,17-18H,3-8,10-11,13-16H2,1-2H3,(H,21,22);1H. The first-order valence-electron chi connectivity index (χ1n) is 9.85. The molecule has 0 unspecified atom stereocenters. The zero-order valence-corrected chi connectivity index (χ0v) is 19.6. The molecule has 0 amide bonds. The average molecular weight is 493 g/mol. The molecule has 0 radical (unpaired) electrons. The van der Waals surface area contributed by atoms with Gasteiger partial charge < -0.3 is 15.0 Å². The topological polar surface area (TPSA) is 36.9 Å². The predicted octanol–water partition coefficient (Wildman–Crippen LogP) is 4.94. The van der Waals surface area contributed by atoms with Crippen molar-refractivity contribution in [1.82, 2.24) is 10.2 Å². The lowest BCUT2D eigenvalue weighted by Crippen LogP contribution is -2.40. The molecule has 0 atom stereocenters. The van der Waals surface area contributed by atoms with Crippen molar-refractivity contribution in [3.05, 3.63) is 22.4 Å². The van der Waals surface area contributed by atoms with E-state index in [1.54, 1.807) is 0 Å². The molecule has 0 spiro atoms. The van der Waals surface area contributed by atoms with Crippen LogP contribution in [0.1, 0.15) is 56.2 Å². The van der Waals surface area contributed by atoms with Gasteiger partial charge >= 0.3 is 0 Å². The highest BCUT2D eigenvalue weighted by atomic mass is 127. The Labute approximate surface area is 180 Å². The molecule has 0 aliphatic heterocycles. The normalized spacial score (nSPS) is 16.0. The van der Waals surface area contributed by atoms with Gasteiger partial charge in [0.15, 0.2) is 5.96 Å². The van der Waals surface area contributed by atoms with Crippen LogP contribution in [-0.2, 0) is 11.2 Å². The van der Waals surface area contributed by atoms with E-state index in [9.17, 15) is 0 Å². The maximum Gasteiger partial charge on any atom is 0.193 e. The molecule has 1 aromatic heterocycles. The number of unbranched alkanes of at least 4 members (excludes halogenated alkanes) is 1. The second-order valence-corrected chi connectivity index (χ2v) is 7.95. The summed E-state index contributed by atoms with van der Waals surface area (Å²) in [5.41, 5.74) is 0. The van der Waals surface area contributed by atoms with Gasteiger partial charge in [-0.15, -0.1) is 35.3 Å². The van der Waals surface area contributed by atoms with Crippen molar-refractivity contribution in [3.63, 3.8) is 0 Å². The summed E-state index contributed by atoms with van der Waals surface area (Å²) in [6, 6.07) is 4.31. The third kappa shape index (κ3) is 9.55. The van der Waals surface area contributed by atoms with Crippen molar-refractivity contribution in [3.8, 4) is 0 Å². The molecule has 0 saturated heterocycles. The lowest BCUT2D eigenvalue weighted by atomic mass is 10.1. The number of rotatable bonds is 9. The maximum atomic E-state index is 6.06. The molecule has 1 heterocycles. The quantitative estimate of drug-likeness (QED) is 0.174. The Balaban J connectivity index is 0.00000338. The van der Waals surface area contributed by atoms with E-state index in [2.05, 4.69) is 39.8 Å². The molecule has 2 rings (SSSR count). The first kappa shape index (κ1) is 23.7. The molecule has 1 saturated carbocycles. The van der Waals surface area contributed by atoms with Crippen LogP contribution < -0.4 is 5.32 Å². The minimum absolute atomic E-state index is 0. The van der Waals surface area contributed by atoms with E-state index in [1.807, 2.05) is 18.4 Å². The zero-order chi connectivity index (χ0) is 17.7. The van der Waals surface area contributed by atoms with Gasteiger partial charge in [0.25, 0.3) is 0 Å². The van der Waals surface area contributed by atoms with Crippen LogP contribution in [0.2, 0.25) is 0 Å². The fourth-order valence-corrected chi connectivity index (χ4v) is 4.01. The number of guanidine groups is 1. The Morgan fingerprint density at radius 1 is 1.27 bits per heavy atom. The number of hydrogen-bond donors (Lipinski definition) is 1. The van der Waals surface area contributed by atoms with Crippen molar-refractivity contribution in [1.29, 1.82) is 0 Å². The Kier molecular flexibility index (Phi) is 13.4. The first-order chi connectivity index (χ1) is 12.3. The largest absolute Gasteiger partial charge is 0.378 e. The molecule has 0 aromatic carbocycles. The third-order valence-electron chi connectivity index (χ3n) is 4.86. The van der Waals surface area contributed by atoms with Gasteiger partial charge in [0, 0.05) is 38.7 Å². The van der Waals surface area contributed by atoms with Crippen LogP contribution in [-0.4, -0.2) is 50.8 Å². The Bertz CT molecular complexity index is 473. The summed E-state index contributed by atoms with van der Waals surface area (Å²) in [5.74, 6) is 0.987. The third-order valence-corrected chi connectivity index (χ3v) is 5.79. The average Bonchev–Trinajstić information content (AvgIpc) is 3.02. The van der Waals surface area contributed by atoms with Gasteiger partial charge in [-0.25, -0.2) is 0 Å². The van der Waals surface area contributed by atoms with Crippen molar-refractivity contribution >= 4 is 41.3 Å². The van der Waals surface area contributed by atoms with Gasteiger partial charge in [0.1, 0.15) is 0 Å². The number of thiophene rings is 1. The van der Waals surface area contributed by atoms with Crippen LogP contribution in [0.5, 0.6) is 0 Å². The number of halogens is 1. The molecule has 0 bridgehead atoms. The summed E-state index contributed by atoms with van der Waals surface area (Å²) in [4.78, 5) is 8.03. The number of nitrogens with one attached hydrogen (secondary N) is 1. The number of nitrogens with zero attached hydrogens (tertiary/aromatic N) is 2. The molecule has 1 aliphatic carbocycles. The Hall–Kier alpha value is -0.340. The highest BCUT2D eigenvalue weighted by Gasteiger charge is 2.12. The van der Waals surface area contributed by atoms with Crippen molar-refractivity contribution in [2.75, 3.05) is 33.8 Å². The summed E-state index contributed by atoms with van der Waals surface area (Å²) in [5, 5.41) is 5.61. The van der Waals surface area contributed by atoms with E-state index < -0.39 is 0 Å². The molecule has 1 aliphatic rings. The lowest BCUT2D eigenvalue weighted by Gasteiger charge is -2.22. The molecular weight excluding hydrogens is 457 g/mol. The molecule has 6 heteroatoms. The van der Waals surface area contributed by atoms with Crippen molar-refractivity contribution in [2.24, 2.45) is 4.99 Å². The number of aliphatic imine (C=N–C) groups is 1. The van der Waals surface area contributed by atoms with Gasteiger partial charge in [0.05, 0.1) is 6.10 Å². The Morgan fingerprint density at radius 2 is 2.04 bits per heavy atom. The fraction of sp³-hybridized carbons (Fsp3) is 0.750. The molecule has 1 fully saturated rings. The summed E-state index contributed by atoms with van der Waals surface area (Å²) in [6.07, 6.45) is 11.9. The molecule has 150 valence electrons. The number of ether oxygens (including phenoxy) is 1. The van der Waals surface area contributed by atoms with Gasteiger partial charge in [-0.1, -0.05) is 31.7 Å². The summed E-state index contributed by atoms with van der Waals surface area (Å²) >= 11 is 1.82. The summed E-state index contributed by atoms with van der Waals surface area (Å²) < 4.78 is 6.06. The second kappa shape index (κ2) is 14.7. The monoisotopic (exact) mass is 493 g/mol. The summed E-state index contributed by atoms with van der Waals surface area (Å²) in [7, 11) is 3.97. The molecule has 1 aromatic rings. The van der Waals surface area contributed by atoms with Crippen LogP contribution in [0.4, 0.5) is 0 Å². The van der Waals surface area contributed by atoms with Gasteiger partial charge in [-0.3, -0.25) is 4.99 Å². The molecule has 1 N–H and O–H groups in total. The molecule has 4 nitrogen and oxygen atoms in total. The minimum atomic E-state index is 0. The van der Waals surface area contributed by atoms with Crippen LogP contribution >= 0.6 is 35.3 Å². The van der Waals surface area contributed by atoms with Crippen LogP contribution in [0.15, 0.2) is 22.5 Å². The SMILES string of the molecule is CN=C(NCCCCOC1CCCCCC1)N(C)CCc1cccs1.I.